The Labute approximate surface area is 152 Å². The third kappa shape index (κ3) is 3.28. The summed E-state index contributed by atoms with van der Waals surface area (Å²) >= 11 is 12.0. The predicted octanol–water partition coefficient (Wildman–Crippen LogP) is 2.88. The molecule has 0 bridgehead atoms. The van der Waals surface area contributed by atoms with E-state index in [9.17, 15) is 8.42 Å². The second-order valence-corrected chi connectivity index (χ2v) is 8.99. The molecule has 0 aromatic heterocycles. The summed E-state index contributed by atoms with van der Waals surface area (Å²) in [5.41, 5.74) is 3.64. The van der Waals surface area contributed by atoms with Gasteiger partial charge in [-0.3, -0.25) is 4.90 Å². The molecule has 6 nitrogen and oxygen atoms in total. The first-order valence-corrected chi connectivity index (χ1v) is 10.2. The first-order chi connectivity index (χ1) is 11.3. The van der Waals surface area contributed by atoms with E-state index in [1.54, 1.807) is 32.0 Å². The molecule has 2 unspecified atom stereocenters. The highest BCUT2D eigenvalue weighted by Gasteiger charge is 2.40. The average molecular weight is 391 g/mol. The van der Waals surface area contributed by atoms with Crippen LogP contribution in [0.25, 0.3) is 0 Å². The minimum absolute atomic E-state index is 0.0211. The number of hydrazine groups is 1. The second kappa shape index (κ2) is 6.80. The minimum Gasteiger partial charge on any atom is -0.287 e. The van der Waals surface area contributed by atoms with Crippen LogP contribution in [-0.4, -0.2) is 43.1 Å². The Morgan fingerprint density at radius 2 is 1.92 bits per heavy atom. The van der Waals surface area contributed by atoms with Crippen molar-refractivity contribution in [3.8, 4) is 0 Å². The zero-order valence-corrected chi connectivity index (χ0v) is 15.9. The van der Waals surface area contributed by atoms with Crippen molar-refractivity contribution in [1.29, 1.82) is 0 Å². The van der Waals surface area contributed by atoms with Gasteiger partial charge in [-0.15, -0.1) is 0 Å². The monoisotopic (exact) mass is 390 g/mol. The van der Waals surface area contributed by atoms with Crippen LogP contribution in [0, 0.1) is 0 Å². The van der Waals surface area contributed by atoms with E-state index in [0.717, 1.165) is 25.9 Å². The smallest absolute Gasteiger partial charge is 0.241 e. The molecule has 0 saturated carbocycles. The summed E-state index contributed by atoms with van der Waals surface area (Å²) in [7, 11) is -3.61. The van der Waals surface area contributed by atoms with Crippen LogP contribution in [0.3, 0.4) is 0 Å². The number of anilines is 1. The predicted molar refractivity (Wildman–Crippen MR) is 98.2 cm³/mol. The van der Waals surface area contributed by atoms with Crippen LogP contribution in [0.5, 0.6) is 0 Å². The summed E-state index contributed by atoms with van der Waals surface area (Å²) in [4.78, 5) is 6.28. The first kappa shape index (κ1) is 17.9. The van der Waals surface area contributed by atoms with Gasteiger partial charge in [-0.1, -0.05) is 23.2 Å². The summed E-state index contributed by atoms with van der Waals surface area (Å²) in [5.74, 6) is 0. The Hall–Kier alpha value is -0.860. The number of hydrogen-bond acceptors (Lipinski definition) is 6. The van der Waals surface area contributed by atoms with Gasteiger partial charge in [0.25, 0.3) is 0 Å². The Kier molecular flexibility index (Phi) is 5.09. The van der Waals surface area contributed by atoms with Gasteiger partial charge in [0.2, 0.25) is 15.0 Å². The number of nitrogens with one attached hydrogen (secondary N) is 1. The van der Waals surface area contributed by atoms with E-state index in [-0.39, 0.29) is 11.3 Å². The molecule has 2 aliphatic rings. The average Bonchev–Trinajstić information content (AvgIpc) is 3.18. The van der Waals surface area contributed by atoms with Gasteiger partial charge < -0.3 is 0 Å². The summed E-state index contributed by atoms with van der Waals surface area (Å²) in [6.07, 6.45) is 1.71. The van der Waals surface area contributed by atoms with Gasteiger partial charge in [0.05, 0.1) is 15.7 Å². The van der Waals surface area contributed by atoms with Crippen molar-refractivity contribution >= 4 is 43.9 Å². The Balaban J connectivity index is 1.94. The number of hydrogen-bond donors (Lipinski definition) is 1. The molecular formula is C15H20Cl2N4O2S. The number of amidine groups is 1. The van der Waals surface area contributed by atoms with Crippen molar-refractivity contribution in [2.24, 2.45) is 4.99 Å². The van der Waals surface area contributed by atoms with Gasteiger partial charge in [-0.25, -0.2) is 23.8 Å². The maximum Gasteiger partial charge on any atom is 0.241 e. The van der Waals surface area contributed by atoms with E-state index in [2.05, 4.69) is 10.4 Å². The number of likely N-dealkylation sites (tertiary alicyclic amines) is 1. The van der Waals surface area contributed by atoms with Gasteiger partial charge in [0, 0.05) is 0 Å². The molecule has 0 aliphatic carbocycles. The van der Waals surface area contributed by atoms with E-state index in [1.807, 2.05) is 4.90 Å². The van der Waals surface area contributed by atoms with Crippen LogP contribution < -0.4 is 10.4 Å². The summed E-state index contributed by atoms with van der Waals surface area (Å²) in [6, 6.07) is 4.98. The van der Waals surface area contributed by atoms with Crippen LogP contribution in [0.4, 0.5) is 5.69 Å². The van der Waals surface area contributed by atoms with E-state index in [0.29, 0.717) is 15.7 Å². The molecule has 24 heavy (non-hydrogen) atoms. The largest absolute Gasteiger partial charge is 0.287 e. The van der Waals surface area contributed by atoms with Crippen LogP contribution in [-0.2, 0) is 9.84 Å². The number of aliphatic imine (C=N–C) groups is 1. The van der Waals surface area contributed by atoms with E-state index in [4.69, 9.17) is 23.2 Å². The molecule has 1 saturated heterocycles. The van der Waals surface area contributed by atoms with Crippen molar-refractivity contribution in [2.45, 2.75) is 38.2 Å². The highest BCUT2D eigenvalue weighted by molar-refractivity contribution is 8.07. The van der Waals surface area contributed by atoms with Gasteiger partial charge in [0.15, 0.2) is 0 Å². The highest BCUT2D eigenvalue weighted by Crippen LogP contribution is 2.30. The van der Waals surface area contributed by atoms with Crippen LogP contribution in [0.1, 0.15) is 26.7 Å². The van der Waals surface area contributed by atoms with E-state index >= 15 is 0 Å². The van der Waals surface area contributed by atoms with Crippen LogP contribution in [0.15, 0.2) is 23.2 Å². The third-order valence-corrected chi connectivity index (χ3v) is 7.06. The molecule has 3 rings (SSSR count). The lowest BCUT2D eigenvalue weighted by molar-refractivity contribution is 0.320. The lowest BCUT2D eigenvalue weighted by Gasteiger charge is -2.27. The van der Waals surface area contributed by atoms with Crippen LogP contribution >= 0.6 is 23.2 Å². The van der Waals surface area contributed by atoms with Crippen molar-refractivity contribution in [1.82, 2.24) is 10.3 Å². The highest BCUT2D eigenvalue weighted by atomic mass is 35.5. The Morgan fingerprint density at radius 1 is 1.25 bits per heavy atom. The number of rotatable bonds is 3. The zero-order chi connectivity index (χ0) is 17.5. The molecule has 2 aliphatic heterocycles. The molecule has 132 valence electrons. The lowest BCUT2D eigenvalue weighted by atomic mass is 10.3. The third-order valence-electron chi connectivity index (χ3n) is 4.33. The molecule has 0 amide bonds. The minimum atomic E-state index is -3.61. The quantitative estimate of drug-likeness (QED) is 0.859. The zero-order valence-electron chi connectivity index (χ0n) is 13.5. The second-order valence-electron chi connectivity index (χ2n) is 6.04. The van der Waals surface area contributed by atoms with Gasteiger partial charge in [0.1, 0.15) is 11.5 Å². The van der Waals surface area contributed by atoms with Gasteiger partial charge >= 0.3 is 0 Å². The molecule has 9 heteroatoms. The molecule has 0 radical (unpaired) electrons. The molecule has 1 aromatic carbocycles. The normalized spacial score (nSPS) is 23.6. The van der Waals surface area contributed by atoms with Gasteiger partial charge in [-0.2, -0.15) is 0 Å². The molecular weight excluding hydrogens is 371 g/mol. The fourth-order valence-electron chi connectivity index (χ4n) is 2.96. The SMILES string of the molecule is CC1N=C(S(=O)(=O)C(C)N2CCCC2)N(c2ccc(Cl)c(Cl)c2)N1. The Morgan fingerprint density at radius 3 is 2.54 bits per heavy atom. The maximum absolute atomic E-state index is 13.1. The fraction of sp³-hybridized carbons (Fsp3) is 0.533. The number of benzene rings is 1. The Bertz CT molecular complexity index is 763. The molecule has 1 N–H and O–H groups in total. The molecule has 2 atom stereocenters. The van der Waals surface area contributed by atoms with Crippen molar-refractivity contribution < 1.29 is 8.42 Å². The fourth-order valence-corrected chi connectivity index (χ4v) is 4.88. The van der Waals surface area contributed by atoms with E-state index in [1.165, 1.54) is 5.01 Å². The first-order valence-electron chi connectivity index (χ1n) is 7.88. The standard InChI is InChI=1S/C15H20Cl2N4O2S/c1-10-18-15(24(22,23)11(2)20-7-3-4-8-20)21(19-10)12-5-6-13(16)14(17)9-12/h5-6,9-11,19H,3-4,7-8H2,1-2H3. The molecule has 0 spiro atoms. The van der Waals surface area contributed by atoms with Crippen LogP contribution in [0.2, 0.25) is 10.0 Å². The molecule has 1 fully saturated rings. The lowest BCUT2D eigenvalue weighted by Crippen LogP contribution is -2.48. The summed E-state index contributed by atoms with van der Waals surface area (Å²) in [6.45, 7) is 5.11. The molecule has 2 heterocycles. The van der Waals surface area contributed by atoms with E-state index < -0.39 is 15.2 Å². The topological polar surface area (TPSA) is 65.0 Å². The van der Waals surface area contributed by atoms with Crippen molar-refractivity contribution in [3.05, 3.63) is 28.2 Å². The van der Waals surface area contributed by atoms with Gasteiger partial charge in [-0.05, 0) is 58.0 Å². The summed E-state index contributed by atoms with van der Waals surface area (Å²) in [5, 5.41) is 1.66. The van der Waals surface area contributed by atoms with Crippen molar-refractivity contribution in [2.75, 3.05) is 18.1 Å². The number of nitrogens with zero attached hydrogens (tertiary/aromatic N) is 3. The number of halogens is 2. The summed E-state index contributed by atoms with van der Waals surface area (Å²) < 4.78 is 26.2. The van der Waals surface area contributed by atoms with Crippen molar-refractivity contribution in [3.63, 3.8) is 0 Å². The molecule has 1 aromatic rings. The maximum atomic E-state index is 13.1. The number of sulfone groups is 1.